The molecule has 0 radical (unpaired) electrons. The number of halogens is 1. The third-order valence-corrected chi connectivity index (χ3v) is 4.08. The molecule has 5 nitrogen and oxygen atoms in total. The first-order valence-electron chi connectivity index (χ1n) is 7.83. The summed E-state index contributed by atoms with van der Waals surface area (Å²) in [5.41, 5.74) is 0.609. The van der Waals surface area contributed by atoms with Gasteiger partial charge in [0.15, 0.2) is 0 Å². The van der Waals surface area contributed by atoms with E-state index in [9.17, 15) is 14.0 Å². The first kappa shape index (κ1) is 17.4. The fourth-order valence-corrected chi connectivity index (χ4v) is 2.75. The number of carboxylic acid groups (broad SMARTS) is 1. The number of hydrogen-bond donors (Lipinski definition) is 1. The van der Waals surface area contributed by atoms with Gasteiger partial charge in [0.05, 0.1) is 19.1 Å². The molecule has 1 N–H and O–H groups in total. The van der Waals surface area contributed by atoms with E-state index in [1.165, 1.54) is 6.07 Å². The summed E-state index contributed by atoms with van der Waals surface area (Å²) in [7, 11) is 0. The summed E-state index contributed by atoms with van der Waals surface area (Å²) in [5.74, 6) is -1.45. The minimum Gasteiger partial charge on any atom is -0.481 e. The molecule has 1 amide bonds. The highest BCUT2D eigenvalue weighted by molar-refractivity contribution is 5.78. The van der Waals surface area contributed by atoms with Crippen molar-refractivity contribution in [3.63, 3.8) is 0 Å². The highest BCUT2D eigenvalue weighted by Gasteiger charge is 2.28. The predicted molar refractivity (Wildman–Crippen MR) is 82.5 cm³/mol. The van der Waals surface area contributed by atoms with Gasteiger partial charge in [-0.05, 0) is 24.5 Å². The molecule has 1 fully saturated rings. The molecule has 1 saturated heterocycles. The molecule has 0 aromatic heterocycles. The smallest absolute Gasteiger partial charge is 0.306 e. The van der Waals surface area contributed by atoms with E-state index in [2.05, 4.69) is 0 Å². The molecule has 2 atom stereocenters. The Hall–Kier alpha value is -1.95. The molecule has 1 heterocycles. The lowest BCUT2D eigenvalue weighted by atomic mass is 9.99. The Balaban J connectivity index is 1.86. The molecular formula is C17H22FNO4. The molecule has 1 aliphatic heterocycles. The van der Waals surface area contributed by atoms with Crippen LogP contribution in [0, 0.1) is 11.7 Å². The number of morpholine rings is 1. The zero-order valence-electron chi connectivity index (χ0n) is 13.2. The SMILES string of the molecule is CC(CCc1ccccc1F)C(=O)N1CCOC(CC(=O)O)C1. The number of amides is 1. The Morgan fingerprint density at radius 1 is 1.43 bits per heavy atom. The van der Waals surface area contributed by atoms with Gasteiger partial charge in [0.1, 0.15) is 5.82 Å². The normalized spacial score (nSPS) is 19.4. The van der Waals surface area contributed by atoms with Crippen LogP contribution < -0.4 is 0 Å². The van der Waals surface area contributed by atoms with Crippen molar-refractivity contribution in [1.29, 1.82) is 0 Å². The number of carboxylic acids is 1. The van der Waals surface area contributed by atoms with E-state index in [0.29, 0.717) is 38.1 Å². The lowest BCUT2D eigenvalue weighted by molar-refractivity contribution is -0.149. The zero-order valence-corrected chi connectivity index (χ0v) is 13.2. The van der Waals surface area contributed by atoms with Crippen LogP contribution >= 0.6 is 0 Å². The van der Waals surface area contributed by atoms with Crippen LogP contribution in [0.25, 0.3) is 0 Å². The summed E-state index contributed by atoms with van der Waals surface area (Å²) in [6, 6.07) is 6.57. The second kappa shape index (κ2) is 8.06. The third kappa shape index (κ3) is 5.03. The molecule has 2 unspecified atom stereocenters. The van der Waals surface area contributed by atoms with Crippen molar-refractivity contribution in [2.24, 2.45) is 5.92 Å². The number of hydrogen-bond acceptors (Lipinski definition) is 3. The van der Waals surface area contributed by atoms with E-state index >= 15 is 0 Å². The van der Waals surface area contributed by atoms with E-state index < -0.39 is 12.1 Å². The average molecular weight is 323 g/mol. The molecule has 0 spiro atoms. The fraction of sp³-hybridized carbons (Fsp3) is 0.529. The molecule has 0 saturated carbocycles. The largest absolute Gasteiger partial charge is 0.481 e. The maximum Gasteiger partial charge on any atom is 0.306 e. The molecule has 0 bridgehead atoms. The number of carbonyl (C=O) groups excluding carboxylic acids is 1. The van der Waals surface area contributed by atoms with Gasteiger partial charge in [0.2, 0.25) is 5.91 Å². The van der Waals surface area contributed by atoms with Gasteiger partial charge in [-0.3, -0.25) is 9.59 Å². The lowest BCUT2D eigenvalue weighted by Crippen LogP contribution is -2.48. The predicted octanol–water partition coefficient (Wildman–Crippen LogP) is 2.10. The van der Waals surface area contributed by atoms with Crippen LogP contribution in [0.4, 0.5) is 4.39 Å². The Bertz CT molecular complexity index is 563. The standard InChI is InChI=1S/C17H22FNO4/c1-12(6-7-13-4-2-3-5-15(13)18)17(22)19-8-9-23-14(11-19)10-16(20)21/h2-5,12,14H,6-11H2,1H3,(H,20,21). The summed E-state index contributed by atoms with van der Waals surface area (Å²) in [5, 5.41) is 8.82. The molecular weight excluding hydrogens is 301 g/mol. The highest BCUT2D eigenvalue weighted by atomic mass is 19.1. The Morgan fingerprint density at radius 2 is 2.17 bits per heavy atom. The van der Waals surface area contributed by atoms with Crippen molar-refractivity contribution in [3.8, 4) is 0 Å². The van der Waals surface area contributed by atoms with Crippen LogP contribution in [0.1, 0.15) is 25.3 Å². The number of carbonyl (C=O) groups is 2. The molecule has 2 rings (SSSR count). The van der Waals surface area contributed by atoms with Gasteiger partial charge in [-0.15, -0.1) is 0 Å². The van der Waals surface area contributed by atoms with Crippen molar-refractivity contribution < 1.29 is 23.8 Å². The van der Waals surface area contributed by atoms with Crippen molar-refractivity contribution in [3.05, 3.63) is 35.6 Å². The second-order valence-corrected chi connectivity index (χ2v) is 5.91. The summed E-state index contributed by atoms with van der Waals surface area (Å²) in [4.78, 5) is 24.9. The fourth-order valence-electron chi connectivity index (χ4n) is 2.75. The molecule has 23 heavy (non-hydrogen) atoms. The first-order valence-corrected chi connectivity index (χ1v) is 7.83. The second-order valence-electron chi connectivity index (χ2n) is 5.91. The minimum absolute atomic E-state index is 0.0278. The number of aliphatic carboxylic acids is 1. The average Bonchev–Trinajstić information content (AvgIpc) is 2.52. The first-order chi connectivity index (χ1) is 11.0. The maximum absolute atomic E-state index is 13.6. The van der Waals surface area contributed by atoms with E-state index in [0.717, 1.165) is 0 Å². The summed E-state index contributed by atoms with van der Waals surface area (Å²) in [6.45, 7) is 2.95. The Kier molecular flexibility index (Phi) is 6.10. The molecule has 1 aliphatic rings. The minimum atomic E-state index is -0.933. The molecule has 1 aromatic carbocycles. The van der Waals surface area contributed by atoms with Crippen LogP contribution in [0.3, 0.4) is 0 Å². The number of nitrogens with zero attached hydrogens (tertiary/aromatic N) is 1. The van der Waals surface area contributed by atoms with Gasteiger partial charge in [0.25, 0.3) is 0 Å². The summed E-state index contributed by atoms with van der Waals surface area (Å²) >= 11 is 0. The lowest BCUT2D eigenvalue weighted by Gasteiger charge is -2.34. The van der Waals surface area contributed by atoms with Gasteiger partial charge in [-0.2, -0.15) is 0 Å². The summed E-state index contributed by atoms with van der Waals surface area (Å²) < 4.78 is 19.0. The van der Waals surface area contributed by atoms with Crippen molar-refractivity contribution in [1.82, 2.24) is 4.90 Å². The Labute approximate surface area is 135 Å². The van der Waals surface area contributed by atoms with Crippen molar-refractivity contribution in [2.45, 2.75) is 32.3 Å². The van der Waals surface area contributed by atoms with E-state index in [1.807, 2.05) is 6.92 Å². The van der Waals surface area contributed by atoms with Crippen LogP contribution in [0.5, 0.6) is 0 Å². The van der Waals surface area contributed by atoms with Crippen LogP contribution in [0.15, 0.2) is 24.3 Å². The monoisotopic (exact) mass is 323 g/mol. The van der Waals surface area contributed by atoms with Gasteiger partial charge < -0.3 is 14.7 Å². The maximum atomic E-state index is 13.6. The van der Waals surface area contributed by atoms with Crippen molar-refractivity contribution in [2.75, 3.05) is 19.7 Å². The number of rotatable bonds is 6. The molecule has 1 aromatic rings. The van der Waals surface area contributed by atoms with Gasteiger partial charge in [-0.25, -0.2) is 4.39 Å². The van der Waals surface area contributed by atoms with E-state index in [-0.39, 0.29) is 24.1 Å². The Morgan fingerprint density at radius 3 is 2.87 bits per heavy atom. The van der Waals surface area contributed by atoms with Gasteiger partial charge in [0, 0.05) is 19.0 Å². The zero-order chi connectivity index (χ0) is 16.8. The van der Waals surface area contributed by atoms with E-state index in [1.54, 1.807) is 23.1 Å². The van der Waals surface area contributed by atoms with Crippen molar-refractivity contribution >= 4 is 11.9 Å². The van der Waals surface area contributed by atoms with Gasteiger partial charge >= 0.3 is 5.97 Å². The van der Waals surface area contributed by atoms with Crippen LogP contribution in [-0.2, 0) is 20.7 Å². The van der Waals surface area contributed by atoms with Gasteiger partial charge in [-0.1, -0.05) is 25.1 Å². The van der Waals surface area contributed by atoms with Crippen LogP contribution in [0.2, 0.25) is 0 Å². The number of aryl methyl sites for hydroxylation is 1. The number of benzene rings is 1. The highest BCUT2D eigenvalue weighted by Crippen LogP contribution is 2.17. The molecule has 0 aliphatic carbocycles. The molecule has 6 heteroatoms. The third-order valence-electron chi connectivity index (χ3n) is 4.08. The van der Waals surface area contributed by atoms with E-state index in [4.69, 9.17) is 9.84 Å². The quantitative estimate of drug-likeness (QED) is 0.870. The van der Waals surface area contributed by atoms with Crippen LogP contribution in [-0.4, -0.2) is 47.7 Å². The molecule has 126 valence electrons. The number of ether oxygens (including phenoxy) is 1. The topological polar surface area (TPSA) is 66.8 Å². The summed E-state index contributed by atoms with van der Waals surface area (Å²) in [6.07, 6.45) is 0.500.